The van der Waals surface area contributed by atoms with Gasteiger partial charge in [-0.1, -0.05) is 13.5 Å². The molecule has 0 aliphatic carbocycles. The van der Waals surface area contributed by atoms with Crippen LogP contribution >= 0.6 is 0 Å². The predicted molar refractivity (Wildman–Crippen MR) is 67.9 cm³/mol. The third kappa shape index (κ3) is 4.69. The summed E-state index contributed by atoms with van der Waals surface area (Å²) in [7, 11) is 0. The zero-order valence-corrected chi connectivity index (χ0v) is 11.4. The van der Waals surface area contributed by atoms with Crippen LogP contribution in [-0.4, -0.2) is 41.8 Å². The number of carbonyl (C=O) groups is 3. The standard InChI is InChI=1S/C13H21NO4/c1-6-11(8-18-13(17)9(2)3)14(10(4)5)12(16)7-15/h7,10-11H,2,6,8H2,1,3-5H3. The molecule has 0 aromatic carbocycles. The third-order valence-electron chi connectivity index (χ3n) is 2.53. The maximum atomic E-state index is 11.5. The number of hydrogen-bond donors (Lipinski definition) is 0. The Hall–Kier alpha value is -1.65. The number of esters is 1. The number of nitrogens with zero attached hydrogens (tertiary/aromatic N) is 1. The molecule has 102 valence electrons. The first-order valence-corrected chi connectivity index (χ1v) is 5.95. The maximum absolute atomic E-state index is 11.5. The van der Waals surface area contributed by atoms with Crippen molar-refractivity contribution in [2.24, 2.45) is 0 Å². The summed E-state index contributed by atoms with van der Waals surface area (Å²) in [5, 5.41) is 0. The van der Waals surface area contributed by atoms with Gasteiger partial charge in [-0.15, -0.1) is 0 Å². The smallest absolute Gasteiger partial charge is 0.333 e. The molecule has 0 heterocycles. The van der Waals surface area contributed by atoms with Crippen molar-refractivity contribution in [3.8, 4) is 0 Å². The number of rotatable bonds is 7. The van der Waals surface area contributed by atoms with Crippen LogP contribution in [0.3, 0.4) is 0 Å². The highest BCUT2D eigenvalue weighted by molar-refractivity contribution is 6.23. The van der Waals surface area contributed by atoms with E-state index in [0.717, 1.165) is 0 Å². The summed E-state index contributed by atoms with van der Waals surface area (Å²) >= 11 is 0. The molecule has 0 rings (SSSR count). The normalized spacial score (nSPS) is 11.8. The topological polar surface area (TPSA) is 63.7 Å². The highest BCUT2D eigenvalue weighted by Crippen LogP contribution is 2.10. The van der Waals surface area contributed by atoms with E-state index in [1.54, 1.807) is 6.92 Å². The molecule has 0 bridgehead atoms. The van der Waals surface area contributed by atoms with Gasteiger partial charge in [0, 0.05) is 11.6 Å². The molecular formula is C13H21NO4. The van der Waals surface area contributed by atoms with Crippen molar-refractivity contribution in [2.45, 2.75) is 46.2 Å². The van der Waals surface area contributed by atoms with Gasteiger partial charge >= 0.3 is 5.97 Å². The van der Waals surface area contributed by atoms with E-state index in [4.69, 9.17) is 4.74 Å². The molecule has 18 heavy (non-hydrogen) atoms. The summed E-state index contributed by atoms with van der Waals surface area (Å²) in [6.45, 7) is 10.6. The van der Waals surface area contributed by atoms with Crippen LogP contribution in [0.1, 0.15) is 34.1 Å². The fourth-order valence-corrected chi connectivity index (χ4v) is 1.61. The van der Waals surface area contributed by atoms with Crippen molar-refractivity contribution >= 4 is 18.2 Å². The highest BCUT2D eigenvalue weighted by atomic mass is 16.5. The summed E-state index contributed by atoms with van der Waals surface area (Å²) in [6.07, 6.45) is 0.879. The lowest BCUT2D eigenvalue weighted by Gasteiger charge is -2.32. The van der Waals surface area contributed by atoms with E-state index in [-0.39, 0.29) is 25.0 Å². The van der Waals surface area contributed by atoms with E-state index < -0.39 is 11.9 Å². The molecule has 5 heteroatoms. The fourth-order valence-electron chi connectivity index (χ4n) is 1.61. The zero-order valence-electron chi connectivity index (χ0n) is 11.4. The summed E-state index contributed by atoms with van der Waals surface area (Å²) < 4.78 is 5.03. The van der Waals surface area contributed by atoms with Crippen LogP contribution in [-0.2, 0) is 19.1 Å². The fraction of sp³-hybridized carbons (Fsp3) is 0.615. The molecule has 0 spiro atoms. The Balaban J connectivity index is 4.71. The van der Waals surface area contributed by atoms with Gasteiger partial charge in [0.1, 0.15) is 6.61 Å². The first kappa shape index (κ1) is 16.4. The van der Waals surface area contributed by atoms with E-state index in [1.165, 1.54) is 4.90 Å². The van der Waals surface area contributed by atoms with Crippen LogP contribution in [0.2, 0.25) is 0 Å². The molecule has 0 aromatic heterocycles. The largest absolute Gasteiger partial charge is 0.460 e. The van der Waals surface area contributed by atoms with Crippen molar-refractivity contribution in [3.05, 3.63) is 12.2 Å². The first-order valence-electron chi connectivity index (χ1n) is 5.95. The Labute approximate surface area is 108 Å². The Morgan fingerprint density at radius 2 is 1.94 bits per heavy atom. The summed E-state index contributed by atoms with van der Waals surface area (Å²) in [4.78, 5) is 34.9. The lowest BCUT2D eigenvalue weighted by atomic mass is 10.1. The number of aldehydes is 1. The second-order valence-corrected chi connectivity index (χ2v) is 4.40. The van der Waals surface area contributed by atoms with Gasteiger partial charge in [-0.3, -0.25) is 9.59 Å². The van der Waals surface area contributed by atoms with Gasteiger partial charge in [-0.25, -0.2) is 4.79 Å². The molecule has 0 saturated carbocycles. The molecule has 5 nitrogen and oxygen atoms in total. The van der Waals surface area contributed by atoms with Crippen LogP contribution in [0.5, 0.6) is 0 Å². The number of carbonyl (C=O) groups excluding carboxylic acids is 3. The van der Waals surface area contributed by atoms with E-state index in [1.807, 2.05) is 20.8 Å². The summed E-state index contributed by atoms with van der Waals surface area (Å²) in [6, 6.07) is -0.429. The number of ether oxygens (including phenoxy) is 1. The van der Waals surface area contributed by atoms with Gasteiger partial charge in [0.05, 0.1) is 6.04 Å². The first-order chi connectivity index (χ1) is 8.34. The average Bonchev–Trinajstić information content (AvgIpc) is 2.32. The van der Waals surface area contributed by atoms with Gasteiger partial charge in [-0.05, 0) is 27.2 Å². The Morgan fingerprint density at radius 1 is 1.39 bits per heavy atom. The molecule has 1 atom stereocenters. The monoisotopic (exact) mass is 255 g/mol. The molecule has 0 N–H and O–H groups in total. The van der Waals surface area contributed by atoms with Gasteiger partial charge in [0.15, 0.2) is 0 Å². The van der Waals surface area contributed by atoms with Gasteiger partial charge in [0.2, 0.25) is 6.29 Å². The van der Waals surface area contributed by atoms with Gasteiger partial charge in [0.25, 0.3) is 5.91 Å². The second-order valence-electron chi connectivity index (χ2n) is 4.40. The molecular weight excluding hydrogens is 234 g/mol. The maximum Gasteiger partial charge on any atom is 0.333 e. The predicted octanol–water partition coefficient (Wildman–Crippen LogP) is 1.32. The second kappa shape index (κ2) is 7.63. The number of amides is 1. The molecule has 0 aliphatic rings. The molecule has 0 fully saturated rings. The van der Waals surface area contributed by atoms with Crippen molar-refractivity contribution in [1.29, 1.82) is 0 Å². The summed E-state index contributed by atoms with van der Waals surface area (Å²) in [5.74, 6) is -1.08. The van der Waals surface area contributed by atoms with E-state index in [2.05, 4.69) is 6.58 Å². The van der Waals surface area contributed by atoms with Crippen LogP contribution in [0.25, 0.3) is 0 Å². The van der Waals surface area contributed by atoms with Crippen LogP contribution in [0, 0.1) is 0 Å². The minimum absolute atomic E-state index is 0.0694. The van der Waals surface area contributed by atoms with Crippen LogP contribution in [0.4, 0.5) is 0 Å². The quantitative estimate of drug-likeness (QED) is 0.298. The minimum Gasteiger partial charge on any atom is -0.460 e. The van der Waals surface area contributed by atoms with Crippen molar-refractivity contribution in [2.75, 3.05) is 6.61 Å². The summed E-state index contributed by atoms with van der Waals surface area (Å²) in [5.41, 5.74) is 0.308. The van der Waals surface area contributed by atoms with Crippen molar-refractivity contribution in [3.63, 3.8) is 0 Å². The van der Waals surface area contributed by atoms with Crippen LogP contribution in [0.15, 0.2) is 12.2 Å². The third-order valence-corrected chi connectivity index (χ3v) is 2.53. The van der Waals surface area contributed by atoms with E-state index >= 15 is 0 Å². The minimum atomic E-state index is -0.594. The SMILES string of the molecule is C=C(C)C(=O)OCC(CC)N(C(=O)C=O)C(C)C. The van der Waals surface area contributed by atoms with Crippen molar-refractivity contribution in [1.82, 2.24) is 4.90 Å². The highest BCUT2D eigenvalue weighted by Gasteiger charge is 2.25. The number of hydrogen-bond acceptors (Lipinski definition) is 4. The van der Waals surface area contributed by atoms with E-state index in [9.17, 15) is 14.4 Å². The van der Waals surface area contributed by atoms with E-state index in [0.29, 0.717) is 12.0 Å². The average molecular weight is 255 g/mol. The Kier molecular flexibility index (Phi) is 6.93. The molecule has 1 unspecified atom stereocenters. The lowest BCUT2D eigenvalue weighted by molar-refractivity contribution is -0.148. The molecule has 0 saturated heterocycles. The van der Waals surface area contributed by atoms with Gasteiger partial charge < -0.3 is 9.64 Å². The molecule has 1 amide bonds. The lowest BCUT2D eigenvalue weighted by Crippen LogP contribution is -2.47. The Bertz CT molecular complexity index is 336. The molecule has 0 aromatic rings. The molecule has 0 radical (unpaired) electrons. The molecule has 0 aliphatic heterocycles. The Morgan fingerprint density at radius 3 is 2.28 bits per heavy atom. The van der Waals surface area contributed by atoms with Gasteiger partial charge in [-0.2, -0.15) is 0 Å². The zero-order chi connectivity index (χ0) is 14.3. The van der Waals surface area contributed by atoms with Crippen molar-refractivity contribution < 1.29 is 19.1 Å². The van der Waals surface area contributed by atoms with Crippen LogP contribution < -0.4 is 0 Å².